The van der Waals surface area contributed by atoms with Gasteiger partial charge in [-0.2, -0.15) is 12.7 Å². The van der Waals surface area contributed by atoms with Crippen molar-refractivity contribution in [2.45, 2.75) is 30.8 Å². The van der Waals surface area contributed by atoms with Gasteiger partial charge >= 0.3 is 10.2 Å². The summed E-state index contributed by atoms with van der Waals surface area (Å²) in [5.74, 6) is -1.39. The number of hydrogen-bond acceptors (Lipinski definition) is 7. The second kappa shape index (κ2) is 9.10. The number of amides is 1. The highest BCUT2D eigenvalue weighted by Crippen LogP contribution is 2.41. The molecule has 0 aromatic heterocycles. The second-order valence-corrected chi connectivity index (χ2v) is 13.3. The number of benzene rings is 3. The summed E-state index contributed by atoms with van der Waals surface area (Å²) < 4.78 is 81.6. The lowest BCUT2D eigenvalue weighted by Crippen LogP contribution is -2.56. The van der Waals surface area contributed by atoms with Crippen LogP contribution in [0.4, 0.5) is 10.1 Å². The Morgan fingerprint density at radius 3 is 2.45 bits per heavy atom. The van der Waals surface area contributed by atoms with Gasteiger partial charge in [-0.3, -0.25) is 4.79 Å². The van der Waals surface area contributed by atoms with Gasteiger partial charge < -0.3 is 9.47 Å². The Hall–Kier alpha value is -3.42. The number of carbonyl (C=O) groups is 1. The second-order valence-electron chi connectivity index (χ2n) is 9.53. The van der Waals surface area contributed by atoms with Gasteiger partial charge in [0.1, 0.15) is 36.4 Å². The number of anilines is 1. The van der Waals surface area contributed by atoms with Gasteiger partial charge in [-0.05, 0) is 42.0 Å². The van der Waals surface area contributed by atoms with Gasteiger partial charge in [0.15, 0.2) is 5.82 Å². The third-order valence-electron chi connectivity index (χ3n) is 6.72. The number of rotatable bonds is 8. The summed E-state index contributed by atoms with van der Waals surface area (Å²) in [5.41, 5.74) is 0.411. The van der Waals surface area contributed by atoms with Crippen molar-refractivity contribution in [3.63, 3.8) is 0 Å². The largest absolute Gasteiger partial charge is 0.488 e. The van der Waals surface area contributed by atoms with Gasteiger partial charge in [0.2, 0.25) is 10.0 Å². The van der Waals surface area contributed by atoms with E-state index in [9.17, 15) is 21.6 Å². The van der Waals surface area contributed by atoms with Crippen LogP contribution in [-0.2, 0) is 31.6 Å². The first-order valence-corrected chi connectivity index (χ1v) is 15.0. The first-order chi connectivity index (χ1) is 18.1. The molecule has 0 unspecified atom stereocenters. The first-order valence-electron chi connectivity index (χ1n) is 12.0. The molecule has 0 bridgehead atoms. The predicted octanol–water partition coefficient (Wildman–Crippen LogP) is 2.29. The maximum Gasteiger partial charge on any atom is 0.326 e. The van der Waals surface area contributed by atoms with Crippen LogP contribution in [0.2, 0.25) is 0 Å². The Bertz CT molecular complexity index is 1640. The van der Waals surface area contributed by atoms with Crippen LogP contribution in [-0.4, -0.2) is 58.0 Å². The Balaban J connectivity index is 1.31. The minimum Gasteiger partial charge on any atom is -0.488 e. The summed E-state index contributed by atoms with van der Waals surface area (Å²) in [6, 6.07) is 15.3. The van der Waals surface area contributed by atoms with E-state index in [4.69, 9.17) is 9.47 Å². The van der Waals surface area contributed by atoms with E-state index in [-0.39, 0.29) is 47.9 Å². The maximum atomic E-state index is 16.0. The molecule has 38 heavy (non-hydrogen) atoms. The fourth-order valence-electron chi connectivity index (χ4n) is 4.55. The molecular formula is C25H24FN3O7S2. The number of nitrogens with zero attached hydrogens (tertiary/aromatic N) is 2. The molecular weight excluding hydrogens is 537 g/mol. The summed E-state index contributed by atoms with van der Waals surface area (Å²) in [4.78, 5) is 11.9. The molecule has 10 nitrogen and oxygen atoms in total. The lowest BCUT2D eigenvalue weighted by Gasteiger charge is -2.38. The molecule has 0 spiro atoms. The average Bonchev–Trinajstić information content (AvgIpc) is 3.67. The van der Waals surface area contributed by atoms with Gasteiger partial charge in [0.25, 0.3) is 5.91 Å². The molecule has 2 saturated heterocycles. The highest BCUT2D eigenvalue weighted by atomic mass is 32.2. The summed E-state index contributed by atoms with van der Waals surface area (Å²) in [6.45, 7) is -0.0967. The smallest absolute Gasteiger partial charge is 0.326 e. The molecule has 1 saturated carbocycles. The highest BCUT2D eigenvalue weighted by Gasteiger charge is 2.46. The van der Waals surface area contributed by atoms with E-state index in [0.29, 0.717) is 28.3 Å². The minimum atomic E-state index is -4.31. The lowest BCUT2D eigenvalue weighted by atomic mass is 10.1. The molecule has 2 heterocycles. The van der Waals surface area contributed by atoms with E-state index in [2.05, 4.69) is 0 Å². The molecule has 1 N–H and O–H groups in total. The molecule has 3 aromatic rings. The zero-order valence-corrected chi connectivity index (χ0v) is 21.7. The number of carbonyl (C=O) groups excluding carboxylic acids is 1. The normalized spacial score (nSPS) is 19.8. The van der Waals surface area contributed by atoms with Crippen molar-refractivity contribution in [1.29, 1.82) is 0 Å². The van der Waals surface area contributed by atoms with Gasteiger partial charge in [-0.15, -0.1) is 0 Å². The molecule has 0 radical (unpaired) electrons. The number of nitrogens with one attached hydrogen (secondary N) is 1. The van der Waals surface area contributed by atoms with Crippen LogP contribution < -0.4 is 18.5 Å². The molecule has 13 heteroatoms. The number of ether oxygens (including phenoxy) is 2. The highest BCUT2D eigenvalue weighted by molar-refractivity contribution is 7.92. The molecule has 200 valence electrons. The molecule has 3 aliphatic rings. The zero-order valence-electron chi connectivity index (χ0n) is 20.0. The number of fused-ring (bicyclic) bond motifs is 1. The molecule has 3 fully saturated rings. The lowest BCUT2D eigenvalue weighted by molar-refractivity contribution is -0.117. The molecule has 3 aromatic carbocycles. The number of hydrogen-bond donors (Lipinski definition) is 1. The summed E-state index contributed by atoms with van der Waals surface area (Å²) in [5, 5.41) is 0.211. The summed E-state index contributed by atoms with van der Waals surface area (Å²) in [7, 11) is -7.58. The average molecular weight is 562 g/mol. The van der Waals surface area contributed by atoms with Crippen LogP contribution in [0.3, 0.4) is 0 Å². The SMILES string of the molecule is O=C1CN(c2c(OCc3ccccc3)cc3ccc(OC4CN(S(=O)(=O)C5CC5)C4)cc3c2F)S(=O)(=O)N1. The van der Waals surface area contributed by atoms with E-state index < -0.39 is 38.5 Å². The van der Waals surface area contributed by atoms with Crippen LogP contribution in [0.15, 0.2) is 54.6 Å². The Morgan fingerprint density at radius 1 is 1.05 bits per heavy atom. The quantitative estimate of drug-likeness (QED) is 0.448. The van der Waals surface area contributed by atoms with E-state index in [0.717, 1.165) is 5.56 Å². The van der Waals surface area contributed by atoms with Gasteiger partial charge in [0.05, 0.1) is 18.3 Å². The number of sulfonamides is 1. The topological polar surface area (TPSA) is 122 Å². The molecule has 1 aliphatic carbocycles. The molecule has 1 amide bonds. The van der Waals surface area contributed by atoms with Crippen LogP contribution in [0, 0.1) is 5.82 Å². The Labute approximate surface area is 219 Å². The molecule has 0 atom stereocenters. The number of halogens is 1. The van der Waals surface area contributed by atoms with Crippen molar-refractivity contribution < 1.29 is 35.5 Å². The zero-order chi connectivity index (χ0) is 26.7. The van der Waals surface area contributed by atoms with Gasteiger partial charge in [0, 0.05) is 5.39 Å². The van der Waals surface area contributed by atoms with Crippen molar-refractivity contribution in [2.24, 2.45) is 0 Å². The van der Waals surface area contributed by atoms with Crippen molar-refractivity contribution in [1.82, 2.24) is 9.03 Å². The summed E-state index contributed by atoms with van der Waals surface area (Å²) in [6.07, 6.45) is 0.987. The minimum absolute atomic E-state index is 0.0347. The van der Waals surface area contributed by atoms with Gasteiger partial charge in [-0.25, -0.2) is 21.8 Å². The van der Waals surface area contributed by atoms with Crippen molar-refractivity contribution in [3.05, 3.63) is 66.0 Å². The van der Waals surface area contributed by atoms with Crippen molar-refractivity contribution >= 4 is 42.6 Å². The molecule has 2 aliphatic heterocycles. The Kier molecular flexibility index (Phi) is 5.96. The van der Waals surface area contributed by atoms with Crippen LogP contribution in [0.25, 0.3) is 10.8 Å². The third kappa shape index (κ3) is 4.54. The van der Waals surface area contributed by atoms with Gasteiger partial charge in [-0.1, -0.05) is 36.4 Å². The Morgan fingerprint density at radius 2 is 1.79 bits per heavy atom. The van der Waals surface area contributed by atoms with Crippen LogP contribution in [0.5, 0.6) is 11.5 Å². The maximum absolute atomic E-state index is 16.0. The summed E-state index contributed by atoms with van der Waals surface area (Å²) >= 11 is 0. The van der Waals surface area contributed by atoms with E-state index in [1.807, 2.05) is 35.1 Å². The predicted molar refractivity (Wildman–Crippen MR) is 137 cm³/mol. The van der Waals surface area contributed by atoms with E-state index in [1.165, 1.54) is 16.4 Å². The fraction of sp³-hybridized carbons (Fsp3) is 0.320. The monoisotopic (exact) mass is 561 g/mol. The standard InChI is InChI=1S/C25H24FN3O7S2/c26-24-21-11-18(36-19-12-28(13-19)37(31,32)20-8-9-20)7-6-17(21)10-22(35-15-16-4-2-1-3-5-16)25(24)29-14-23(30)27-38(29,33)34/h1-7,10-11,19-20H,8-9,12-15H2,(H,27,30). The van der Waals surface area contributed by atoms with Crippen molar-refractivity contribution in [2.75, 3.05) is 23.9 Å². The van der Waals surface area contributed by atoms with E-state index in [1.54, 1.807) is 12.1 Å². The first kappa shape index (κ1) is 24.9. The molecule has 6 rings (SSSR count). The van der Waals surface area contributed by atoms with Crippen LogP contribution >= 0.6 is 0 Å². The van der Waals surface area contributed by atoms with E-state index >= 15 is 4.39 Å². The van der Waals surface area contributed by atoms with Crippen molar-refractivity contribution in [3.8, 4) is 11.5 Å². The van der Waals surface area contributed by atoms with Crippen LogP contribution in [0.1, 0.15) is 18.4 Å². The fourth-order valence-corrected chi connectivity index (χ4v) is 7.61. The third-order valence-corrected chi connectivity index (χ3v) is 10.4.